The van der Waals surface area contributed by atoms with Gasteiger partial charge in [-0.2, -0.15) is 0 Å². The number of hydrogen-bond acceptors (Lipinski definition) is 7. The first-order valence-electron chi connectivity index (χ1n) is 10.9. The summed E-state index contributed by atoms with van der Waals surface area (Å²) in [7, 11) is 1.72. The number of ether oxygens (including phenoxy) is 2. The van der Waals surface area contributed by atoms with Gasteiger partial charge in [0.1, 0.15) is 10.1 Å². The molecule has 2 heterocycles. The summed E-state index contributed by atoms with van der Waals surface area (Å²) in [4.78, 5) is 17.8. The third-order valence-electron chi connectivity index (χ3n) is 5.31. The number of esters is 1. The van der Waals surface area contributed by atoms with E-state index in [4.69, 9.17) is 9.47 Å². The summed E-state index contributed by atoms with van der Waals surface area (Å²) >= 11 is 5.34. The van der Waals surface area contributed by atoms with Crippen molar-refractivity contribution in [3.8, 4) is 5.75 Å². The van der Waals surface area contributed by atoms with Gasteiger partial charge in [0.25, 0.3) is 0 Å². The number of hydrogen-bond donors (Lipinski definition) is 0. The first kappa shape index (κ1) is 24.1. The maximum Gasteiger partial charge on any atom is 0.311 e. The molecule has 168 valence electrons. The molecule has 0 fully saturated rings. The van der Waals surface area contributed by atoms with Gasteiger partial charge in [0.2, 0.25) is 0 Å². The van der Waals surface area contributed by atoms with Gasteiger partial charge in [-0.25, -0.2) is 4.98 Å². The molecule has 0 N–H and O–H groups in total. The van der Waals surface area contributed by atoms with Crippen molar-refractivity contribution in [3.63, 3.8) is 0 Å². The van der Waals surface area contributed by atoms with Crippen LogP contribution in [0.2, 0.25) is 0 Å². The second-order valence-corrected chi connectivity index (χ2v) is 10.8. The molecule has 31 heavy (non-hydrogen) atoms. The zero-order valence-corrected chi connectivity index (χ0v) is 21.2. The molecular weight excluding hydrogens is 446 g/mol. The Kier molecular flexibility index (Phi) is 9.23. The van der Waals surface area contributed by atoms with Gasteiger partial charge in [-0.15, -0.1) is 22.7 Å². The highest BCUT2D eigenvalue weighted by atomic mass is 32.2. The maximum atomic E-state index is 11.7. The molecule has 0 aliphatic heterocycles. The van der Waals surface area contributed by atoms with Crippen molar-refractivity contribution in [1.29, 1.82) is 0 Å². The van der Waals surface area contributed by atoms with Gasteiger partial charge >= 0.3 is 5.97 Å². The van der Waals surface area contributed by atoms with Crippen LogP contribution in [0.5, 0.6) is 5.75 Å². The van der Waals surface area contributed by atoms with Gasteiger partial charge in [-0.05, 0) is 61.8 Å². The van der Waals surface area contributed by atoms with Crippen LogP contribution in [0.3, 0.4) is 0 Å². The Labute approximate surface area is 197 Å². The number of carbonyl (C=O) groups excluding carboxylic acids is 1. The van der Waals surface area contributed by atoms with Crippen LogP contribution in [0, 0.1) is 6.92 Å². The lowest BCUT2D eigenvalue weighted by molar-refractivity contribution is -0.142. The molecule has 0 bridgehead atoms. The second-order valence-electron chi connectivity index (χ2n) is 7.52. The fraction of sp³-hybridized carbons (Fsp3) is 0.500. The summed E-state index contributed by atoms with van der Waals surface area (Å²) in [6, 6.07) is 6.40. The van der Waals surface area contributed by atoms with Crippen LogP contribution in [-0.2, 0) is 16.0 Å². The monoisotopic (exact) mass is 477 g/mol. The first-order valence-corrected chi connectivity index (χ1v) is 13.5. The van der Waals surface area contributed by atoms with Crippen LogP contribution in [-0.4, -0.2) is 30.4 Å². The quantitative estimate of drug-likeness (QED) is 0.203. The summed E-state index contributed by atoms with van der Waals surface area (Å²) in [5, 5.41) is 3.32. The lowest BCUT2D eigenvalue weighted by Crippen LogP contribution is -2.07. The number of methoxy groups -OCH3 is 1. The number of benzene rings is 1. The third-order valence-corrected chi connectivity index (χ3v) is 8.83. The summed E-state index contributed by atoms with van der Waals surface area (Å²) in [5.74, 6) is 2.30. The number of aromatic nitrogens is 1. The average molecular weight is 478 g/mol. The highest BCUT2D eigenvalue weighted by Crippen LogP contribution is 2.41. The molecule has 1 unspecified atom stereocenters. The minimum atomic E-state index is -0.208. The lowest BCUT2D eigenvalue weighted by Gasteiger charge is -2.16. The molecule has 3 rings (SSSR count). The van der Waals surface area contributed by atoms with Crippen LogP contribution >= 0.6 is 34.4 Å². The average Bonchev–Trinajstić information content (AvgIpc) is 3.34. The third kappa shape index (κ3) is 6.46. The molecule has 0 aliphatic carbocycles. The van der Waals surface area contributed by atoms with Gasteiger partial charge < -0.3 is 9.47 Å². The summed E-state index contributed by atoms with van der Waals surface area (Å²) in [6.45, 7) is 6.75. The molecule has 1 atom stereocenters. The largest absolute Gasteiger partial charge is 0.497 e. The van der Waals surface area contributed by atoms with Gasteiger partial charge in [-0.3, -0.25) is 4.79 Å². The Morgan fingerprint density at radius 1 is 1.26 bits per heavy atom. The number of unbranched alkanes of at least 4 members (excludes halogenated alkanes) is 1. The van der Waals surface area contributed by atoms with E-state index in [-0.39, 0.29) is 12.4 Å². The van der Waals surface area contributed by atoms with Crippen LogP contribution < -0.4 is 4.74 Å². The number of thioether (sulfide) groups is 1. The topological polar surface area (TPSA) is 48.4 Å². The Morgan fingerprint density at radius 2 is 2.10 bits per heavy atom. The van der Waals surface area contributed by atoms with E-state index in [1.807, 2.05) is 23.6 Å². The van der Waals surface area contributed by atoms with E-state index in [1.54, 1.807) is 30.2 Å². The van der Waals surface area contributed by atoms with Crippen molar-refractivity contribution < 1.29 is 14.3 Å². The molecule has 4 nitrogen and oxygen atoms in total. The molecule has 0 amide bonds. The summed E-state index contributed by atoms with van der Waals surface area (Å²) in [5.41, 5.74) is 2.22. The van der Waals surface area contributed by atoms with Crippen LogP contribution in [0.4, 0.5) is 0 Å². The van der Waals surface area contributed by atoms with Gasteiger partial charge in [0.15, 0.2) is 0 Å². The molecule has 0 saturated heterocycles. The van der Waals surface area contributed by atoms with E-state index in [9.17, 15) is 4.79 Å². The maximum absolute atomic E-state index is 11.7. The van der Waals surface area contributed by atoms with E-state index < -0.39 is 0 Å². The minimum absolute atomic E-state index is 0.208. The van der Waals surface area contributed by atoms with Crippen LogP contribution in [0.25, 0.3) is 10.1 Å². The standard InChI is InChI=1S/C24H31NO3S3/c1-5-7-8-17(23-16(3)20-10-9-19(27-4)14-21(20)31-23)11-12-29-24-25-18(15-30-24)13-22(26)28-6-2/h9-10,14-15,17H,5-8,11-13H2,1-4H3. The second kappa shape index (κ2) is 11.9. The molecule has 0 spiro atoms. The van der Waals surface area contributed by atoms with Gasteiger partial charge in [0, 0.05) is 20.7 Å². The molecule has 0 aliphatic rings. The fourth-order valence-corrected chi connectivity index (χ4v) is 7.06. The molecule has 7 heteroatoms. The van der Waals surface area contributed by atoms with Crippen LogP contribution in [0.1, 0.15) is 61.6 Å². The molecule has 0 radical (unpaired) electrons. The summed E-state index contributed by atoms with van der Waals surface area (Å²) < 4.78 is 12.8. The number of rotatable bonds is 12. The smallest absolute Gasteiger partial charge is 0.311 e. The highest BCUT2D eigenvalue weighted by molar-refractivity contribution is 8.01. The Morgan fingerprint density at radius 3 is 2.84 bits per heavy atom. The Balaban J connectivity index is 1.66. The van der Waals surface area contributed by atoms with Crippen molar-refractivity contribution in [2.24, 2.45) is 0 Å². The Bertz CT molecular complexity index is 995. The van der Waals surface area contributed by atoms with E-state index in [0.29, 0.717) is 12.5 Å². The normalized spacial score (nSPS) is 12.3. The molecule has 3 aromatic rings. The lowest BCUT2D eigenvalue weighted by atomic mass is 9.94. The Hall–Kier alpha value is -1.57. The molecule has 0 saturated carbocycles. The molecule has 1 aromatic carbocycles. The SMILES string of the molecule is CCCCC(CCSc1nc(CC(=O)OCC)cs1)c1sc2cc(OC)ccc2c1C. The first-order chi connectivity index (χ1) is 15.0. The van der Waals surface area contributed by atoms with E-state index >= 15 is 0 Å². The van der Waals surface area contributed by atoms with Crippen molar-refractivity contribution in [3.05, 3.63) is 39.7 Å². The number of thiophene rings is 1. The van der Waals surface area contributed by atoms with E-state index in [2.05, 4.69) is 37.0 Å². The molecular formula is C24H31NO3S3. The van der Waals surface area contributed by atoms with E-state index in [1.165, 1.54) is 39.8 Å². The predicted molar refractivity (Wildman–Crippen MR) is 133 cm³/mol. The minimum Gasteiger partial charge on any atom is -0.497 e. The number of nitrogens with zero attached hydrogens (tertiary/aromatic N) is 1. The zero-order chi connectivity index (χ0) is 22.2. The van der Waals surface area contributed by atoms with Crippen molar-refractivity contribution in [1.82, 2.24) is 4.98 Å². The van der Waals surface area contributed by atoms with Crippen molar-refractivity contribution in [2.45, 2.75) is 63.1 Å². The fourth-order valence-electron chi connectivity index (χ4n) is 3.68. The highest BCUT2D eigenvalue weighted by Gasteiger charge is 2.19. The number of aryl methyl sites for hydroxylation is 1. The molecule has 2 aromatic heterocycles. The van der Waals surface area contributed by atoms with E-state index in [0.717, 1.165) is 28.0 Å². The van der Waals surface area contributed by atoms with Crippen LogP contribution in [0.15, 0.2) is 27.9 Å². The number of thiazole rings is 1. The zero-order valence-electron chi connectivity index (χ0n) is 18.7. The number of fused-ring (bicyclic) bond motifs is 1. The van der Waals surface area contributed by atoms with Crippen molar-refractivity contribution in [2.75, 3.05) is 19.5 Å². The predicted octanol–water partition coefficient (Wildman–Crippen LogP) is 7.24. The van der Waals surface area contributed by atoms with Gasteiger partial charge in [-0.1, -0.05) is 31.5 Å². The summed E-state index contributed by atoms with van der Waals surface area (Å²) in [6.07, 6.45) is 5.06. The number of carbonyl (C=O) groups is 1. The van der Waals surface area contributed by atoms with Gasteiger partial charge in [0.05, 0.1) is 25.8 Å². The van der Waals surface area contributed by atoms with Crippen molar-refractivity contribution >= 4 is 50.5 Å².